The number of anilines is 1. The Kier molecular flexibility index (Phi) is 4.87. The van der Waals surface area contributed by atoms with Gasteiger partial charge in [0.05, 0.1) is 18.5 Å². The fraction of sp³-hybridized carbons (Fsp3) is 0.714. The number of esters is 1. The molecule has 2 heterocycles. The molecule has 0 N–H and O–H groups in total. The van der Waals surface area contributed by atoms with Gasteiger partial charge in [0, 0.05) is 6.54 Å². The first-order valence-electron chi connectivity index (χ1n) is 7.28. The average Bonchev–Trinajstić information content (AvgIpc) is 2.53. The Balaban J connectivity index is 2.30. The summed E-state index contributed by atoms with van der Waals surface area (Å²) < 4.78 is 4.89. The summed E-state index contributed by atoms with van der Waals surface area (Å²) in [6.07, 6.45) is 4.49. The van der Waals surface area contributed by atoms with Gasteiger partial charge in [-0.25, -0.2) is 9.78 Å². The summed E-state index contributed by atoms with van der Waals surface area (Å²) in [6.45, 7) is 4.87. The number of aromatic nitrogens is 3. The molecule has 0 aromatic carbocycles. The maximum atomic E-state index is 11.9. The van der Waals surface area contributed by atoms with E-state index < -0.39 is 0 Å². The molecule has 110 valence electrons. The van der Waals surface area contributed by atoms with Crippen LogP contribution in [-0.4, -0.2) is 40.8 Å². The van der Waals surface area contributed by atoms with Crippen molar-refractivity contribution in [3.63, 3.8) is 0 Å². The first kappa shape index (κ1) is 14.7. The SMILES string of the molecule is CCc1nnc(N2CCCCC2C(=O)OC)nc1CC. The monoisotopic (exact) mass is 278 g/mol. The Labute approximate surface area is 119 Å². The smallest absolute Gasteiger partial charge is 0.328 e. The Morgan fingerprint density at radius 3 is 2.65 bits per heavy atom. The number of nitrogens with zero attached hydrogens (tertiary/aromatic N) is 4. The number of hydrogen-bond acceptors (Lipinski definition) is 6. The van der Waals surface area contributed by atoms with E-state index in [9.17, 15) is 4.79 Å². The Morgan fingerprint density at radius 2 is 2.00 bits per heavy atom. The molecule has 0 spiro atoms. The van der Waals surface area contributed by atoms with E-state index in [-0.39, 0.29) is 12.0 Å². The van der Waals surface area contributed by atoms with Crippen LogP contribution in [0.25, 0.3) is 0 Å². The van der Waals surface area contributed by atoms with E-state index in [1.54, 1.807) is 0 Å². The second kappa shape index (κ2) is 6.63. The van der Waals surface area contributed by atoms with Gasteiger partial charge < -0.3 is 9.64 Å². The molecule has 2 rings (SSSR count). The number of piperidine rings is 1. The van der Waals surface area contributed by atoms with Crippen molar-refractivity contribution >= 4 is 11.9 Å². The molecule has 1 atom stereocenters. The zero-order chi connectivity index (χ0) is 14.5. The number of carbonyl (C=O) groups excluding carboxylic acids is 1. The topological polar surface area (TPSA) is 68.2 Å². The van der Waals surface area contributed by atoms with Crippen molar-refractivity contribution < 1.29 is 9.53 Å². The van der Waals surface area contributed by atoms with Gasteiger partial charge in [-0.15, -0.1) is 5.10 Å². The van der Waals surface area contributed by atoms with Gasteiger partial charge in [0.1, 0.15) is 6.04 Å². The lowest BCUT2D eigenvalue weighted by atomic mass is 10.0. The third-order valence-electron chi connectivity index (χ3n) is 3.73. The maximum Gasteiger partial charge on any atom is 0.328 e. The molecule has 1 saturated heterocycles. The van der Waals surface area contributed by atoms with Gasteiger partial charge >= 0.3 is 5.97 Å². The van der Waals surface area contributed by atoms with Crippen LogP contribution in [0.1, 0.15) is 44.5 Å². The molecule has 0 bridgehead atoms. The largest absolute Gasteiger partial charge is 0.467 e. The fourth-order valence-electron chi connectivity index (χ4n) is 2.60. The summed E-state index contributed by atoms with van der Waals surface area (Å²) in [5, 5.41) is 8.46. The highest BCUT2D eigenvalue weighted by Crippen LogP contribution is 2.23. The molecule has 1 aromatic heterocycles. The van der Waals surface area contributed by atoms with Gasteiger partial charge in [-0.3, -0.25) is 0 Å². The number of ether oxygens (including phenoxy) is 1. The predicted molar refractivity (Wildman–Crippen MR) is 75.6 cm³/mol. The summed E-state index contributed by atoms with van der Waals surface area (Å²) in [7, 11) is 1.42. The highest BCUT2D eigenvalue weighted by atomic mass is 16.5. The second-order valence-electron chi connectivity index (χ2n) is 4.94. The number of methoxy groups -OCH3 is 1. The van der Waals surface area contributed by atoms with E-state index in [0.717, 1.165) is 50.0 Å². The van der Waals surface area contributed by atoms with Crippen LogP contribution < -0.4 is 4.90 Å². The minimum atomic E-state index is -0.285. The van der Waals surface area contributed by atoms with Gasteiger partial charge in [-0.05, 0) is 32.1 Å². The van der Waals surface area contributed by atoms with Crippen LogP contribution in [0.2, 0.25) is 0 Å². The summed E-state index contributed by atoms with van der Waals surface area (Å²) >= 11 is 0. The quantitative estimate of drug-likeness (QED) is 0.778. The molecule has 1 aliphatic rings. The first-order valence-corrected chi connectivity index (χ1v) is 7.28. The van der Waals surface area contributed by atoms with Crippen LogP contribution in [-0.2, 0) is 22.4 Å². The average molecular weight is 278 g/mol. The Hall–Kier alpha value is -1.72. The zero-order valence-corrected chi connectivity index (χ0v) is 12.4. The van der Waals surface area contributed by atoms with E-state index in [0.29, 0.717) is 5.95 Å². The lowest BCUT2D eigenvalue weighted by Gasteiger charge is -2.33. The van der Waals surface area contributed by atoms with Crippen molar-refractivity contribution in [1.82, 2.24) is 15.2 Å². The van der Waals surface area contributed by atoms with Crippen LogP contribution in [0.5, 0.6) is 0 Å². The number of aryl methyl sites for hydroxylation is 2. The molecule has 1 fully saturated rings. The summed E-state index contributed by atoms with van der Waals surface area (Å²) in [4.78, 5) is 18.4. The maximum absolute atomic E-state index is 11.9. The fourth-order valence-corrected chi connectivity index (χ4v) is 2.60. The van der Waals surface area contributed by atoms with Crippen molar-refractivity contribution in [2.24, 2.45) is 0 Å². The Morgan fingerprint density at radius 1 is 1.25 bits per heavy atom. The molecular formula is C14H22N4O2. The van der Waals surface area contributed by atoms with Crippen molar-refractivity contribution in [3.8, 4) is 0 Å². The molecular weight excluding hydrogens is 256 g/mol. The molecule has 0 amide bonds. The van der Waals surface area contributed by atoms with Gasteiger partial charge in [0.15, 0.2) is 0 Å². The van der Waals surface area contributed by atoms with E-state index in [1.807, 2.05) is 11.8 Å². The number of carbonyl (C=O) groups is 1. The van der Waals surface area contributed by atoms with E-state index in [1.165, 1.54) is 7.11 Å². The zero-order valence-electron chi connectivity index (χ0n) is 12.4. The molecule has 0 radical (unpaired) electrons. The highest BCUT2D eigenvalue weighted by molar-refractivity contribution is 5.79. The van der Waals surface area contributed by atoms with E-state index in [4.69, 9.17) is 4.74 Å². The van der Waals surface area contributed by atoms with Gasteiger partial charge in [0.2, 0.25) is 5.95 Å². The van der Waals surface area contributed by atoms with Crippen molar-refractivity contribution in [3.05, 3.63) is 11.4 Å². The standard InChI is InChI=1S/C14H22N4O2/c1-4-10-11(5-2)16-17-14(15-10)18-9-7-6-8-12(18)13(19)20-3/h12H,4-9H2,1-3H3. The minimum Gasteiger partial charge on any atom is -0.467 e. The normalized spacial score (nSPS) is 18.9. The van der Waals surface area contributed by atoms with Gasteiger partial charge in [0.25, 0.3) is 0 Å². The third-order valence-corrected chi connectivity index (χ3v) is 3.73. The molecule has 6 nitrogen and oxygen atoms in total. The third kappa shape index (κ3) is 2.89. The molecule has 1 unspecified atom stereocenters. The van der Waals surface area contributed by atoms with Crippen LogP contribution in [0.15, 0.2) is 0 Å². The first-order chi connectivity index (χ1) is 9.71. The molecule has 0 aliphatic carbocycles. The van der Waals surface area contributed by atoms with Gasteiger partial charge in [-0.2, -0.15) is 5.10 Å². The summed E-state index contributed by atoms with van der Waals surface area (Å²) in [6, 6.07) is -0.285. The molecule has 1 aromatic rings. The van der Waals surface area contributed by atoms with Crippen molar-refractivity contribution in [2.45, 2.75) is 52.0 Å². The van der Waals surface area contributed by atoms with Crippen LogP contribution >= 0.6 is 0 Å². The van der Waals surface area contributed by atoms with Crippen LogP contribution in [0.3, 0.4) is 0 Å². The molecule has 0 saturated carbocycles. The summed E-state index contributed by atoms with van der Waals surface area (Å²) in [5.74, 6) is 0.333. The number of rotatable bonds is 4. The molecule has 20 heavy (non-hydrogen) atoms. The van der Waals surface area contributed by atoms with Gasteiger partial charge in [-0.1, -0.05) is 13.8 Å². The number of hydrogen-bond donors (Lipinski definition) is 0. The van der Waals surface area contributed by atoms with Crippen molar-refractivity contribution in [1.29, 1.82) is 0 Å². The second-order valence-corrected chi connectivity index (χ2v) is 4.94. The highest BCUT2D eigenvalue weighted by Gasteiger charge is 2.31. The lowest BCUT2D eigenvalue weighted by Crippen LogP contribution is -2.46. The summed E-state index contributed by atoms with van der Waals surface area (Å²) in [5.41, 5.74) is 1.90. The lowest BCUT2D eigenvalue weighted by molar-refractivity contribution is -0.142. The minimum absolute atomic E-state index is 0.217. The van der Waals surface area contributed by atoms with Crippen molar-refractivity contribution in [2.75, 3.05) is 18.6 Å². The van der Waals surface area contributed by atoms with E-state index in [2.05, 4.69) is 22.1 Å². The van der Waals surface area contributed by atoms with E-state index >= 15 is 0 Å². The predicted octanol–water partition coefficient (Wildman–Crippen LogP) is 1.53. The van der Waals surface area contributed by atoms with Crippen LogP contribution in [0, 0.1) is 0 Å². The molecule has 1 aliphatic heterocycles. The Bertz CT molecular complexity index is 478. The van der Waals surface area contributed by atoms with Crippen LogP contribution in [0.4, 0.5) is 5.95 Å². The molecule has 6 heteroatoms.